The lowest BCUT2D eigenvalue weighted by molar-refractivity contribution is -0.140. The Bertz CT molecular complexity index is 1720. The first kappa shape index (κ1) is 34.0. The normalized spacial score (nSPS) is 11.9. The average molecular weight is 671 g/mol. The predicted molar refractivity (Wildman–Crippen MR) is 176 cm³/mol. The molecular weight excluding hydrogens is 636 g/mol. The van der Waals surface area contributed by atoms with E-state index < -0.39 is 40.2 Å². The molecule has 0 aliphatic rings. The first-order chi connectivity index (χ1) is 21.5. The Hall–Kier alpha value is -3.92. The molecule has 45 heavy (non-hydrogen) atoms. The Morgan fingerprint density at radius 1 is 0.889 bits per heavy atom. The van der Waals surface area contributed by atoms with Crippen LogP contribution in [0.1, 0.15) is 30.0 Å². The van der Waals surface area contributed by atoms with Gasteiger partial charge < -0.3 is 10.2 Å². The Kier molecular flexibility index (Phi) is 11.6. The van der Waals surface area contributed by atoms with Crippen molar-refractivity contribution in [2.75, 3.05) is 17.4 Å². The minimum absolute atomic E-state index is 0.0563. The number of sulfonamides is 1. The Morgan fingerprint density at radius 2 is 1.51 bits per heavy atom. The van der Waals surface area contributed by atoms with Crippen molar-refractivity contribution in [3.05, 3.63) is 130 Å². The third kappa shape index (κ3) is 8.84. The summed E-state index contributed by atoms with van der Waals surface area (Å²) >= 11 is 12.5. The van der Waals surface area contributed by atoms with Gasteiger partial charge in [0.25, 0.3) is 10.0 Å². The standard InChI is InChI=1S/C34H34Cl2FN3O4S/c1-3-17-38-34(42)32(18-25-9-5-4-6-10-25)39(22-26-11-7-8-12-31(26)37)33(41)23-40(29-20-27(35)19-28(36)21-29)45(43,44)30-15-13-24(2)14-16-30/h4-16,19-21,32H,3,17-18,22-23H2,1-2H3,(H,38,42). The Morgan fingerprint density at radius 3 is 2.13 bits per heavy atom. The van der Waals surface area contributed by atoms with Gasteiger partial charge in [-0.25, -0.2) is 12.8 Å². The molecule has 11 heteroatoms. The fourth-order valence-electron chi connectivity index (χ4n) is 4.78. The van der Waals surface area contributed by atoms with Crippen LogP contribution in [0.4, 0.5) is 10.1 Å². The van der Waals surface area contributed by atoms with Crippen LogP contribution >= 0.6 is 23.2 Å². The maximum absolute atomic E-state index is 15.0. The van der Waals surface area contributed by atoms with Crippen molar-refractivity contribution in [2.45, 2.75) is 44.2 Å². The predicted octanol–water partition coefficient (Wildman–Crippen LogP) is 6.80. The first-order valence-electron chi connectivity index (χ1n) is 14.4. The summed E-state index contributed by atoms with van der Waals surface area (Å²) in [4.78, 5) is 29.2. The number of anilines is 1. The third-order valence-corrected chi connectivity index (χ3v) is 9.37. The number of nitrogens with zero attached hydrogens (tertiary/aromatic N) is 2. The number of carbonyl (C=O) groups excluding carboxylic acids is 2. The van der Waals surface area contributed by atoms with E-state index in [1.165, 1.54) is 53.4 Å². The van der Waals surface area contributed by atoms with Gasteiger partial charge in [-0.15, -0.1) is 0 Å². The van der Waals surface area contributed by atoms with Gasteiger partial charge >= 0.3 is 0 Å². The molecule has 0 fully saturated rings. The molecule has 0 bridgehead atoms. The molecular formula is C34H34Cl2FN3O4S. The topological polar surface area (TPSA) is 86.8 Å². The van der Waals surface area contributed by atoms with Gasteiger partial charge in [0.05, 0.1) is 10.6 Å². The summed E-state index contributed by atoms with van der Waals surface area (Å²) in [7, 11) is -4.34. The number of hydrogen-bond acceptors (Lipinski definition) is 4. The van der Waals surface area contributed by atoms with E-state index in [1.54, 1.807) is 18.2 Å². The highest BCUT2D eigenvalue weighted by Crippen LogP contribution is 2.30. The summed E-state index contributed by atoms with van der Waals surface area (Å²) in [5, 5.41) is 3.19. The fourth-order valence-corrected chi connectivity index (χ4v) is 6.69. The van der Waals surface area contributed by atoms with Gasteiger partial charge in [0.2, 0.25) is 11.8 Å². The van der Waals surface area contributed by atoms with Crippen molar-refractivity contribution in [1.29, 1.82) is 0 Å². The van der Waals surface area contributed by atoms with E-state index in [4.69, 9.17) is 23.2 Å². The van der Waals surface area contributed by atoms with Crippen molar-refractivity contribution in [3.8, 4) is 0 Å². The molecule has 4 aromatic rings. The molecule has 0 spiro atoms. The number of amides is 2. The van der Waals surface area contributed by atoms with Crippen LogP contribution in [0, 0.1) is 12.7 Å². The van der Waals surface area contributed by atoms with Crippen molar-refractivity contribution in [3.63, 3.8) is 0 Å². The van der Waals surface area contributed by atoms with Gasteiger partial charge in [-0.1, -0.05) is 96.4 Å². The van der Waals surface area contributed by atoms with E-state index in [0.29, 0.717) is 13.0 Å². The number of hydrogen-bond donors (Lipinski definition) is 1. The molecule has 2 amide bonds. The van der Waals surface area contributed by atoms with E-state index in [1.807, 2.05) is 44.2 Å². The van der Waals surface area contributed by atoms with E-state index in [2.05, 4.69) is 5.32 Å². The molecule has 0 aromatic heterocycles. The van der Waals surface area contributed by atoms with Crippen LogP contribution in [-0.4, -0.2) is 44.3 Å². The maximum atomic E-state index is 15.0. The van der Waals surface area contributed by atoms with E-state index in [0.717, 1.165) is 15.4 Å². The monoisotopic (exact) mass is 669 g/mol. The molecule has 0 aliphatic heterocycles. The van der Waals surface area contributed by atoms with Gasteiger partial charge in [0.15, 0.2) is 0 Å². The third-order valence-electron chi connectivity index (χ3n) is 7.14. The summed E-state index contributed by atoms with van der Waals surface area (Å²) in [5.41, 5.74) is 1.85. The van der Waals surface area contributed by atoms with Gasteiger partial charge in [-0.3, -0.25) is 13.9 Å². The second-order valence-electron chi connectivity index (χ2n) is 10.6. The van der Waals surface area contributed by atoms with E-state index in [-0.39, 0.29) is 39.2 Å². The number of halogens is 3. The summed E-state index contributed by atoms with van der Waals surface area (Å²) in [6.07, 6.45) is 0.771. The SMILES string of the molecule is CCCNC(=O)C(Cc1ccccc1)N(Cc1ccccc1F)C(=O)CN(c1cc(Cl)cc(Cl)c1)S(=O)(=O)c1ccc(C)cc1. The number of benzene rings is 4. The summed E-state index contributed by atoms with van der Waals surface area (Å²) in [6.45, 7) is 3.09. The Balaban J connectivity index is 1.83. The van der Waals surface area contributed by atoms with Crippen LogP contribution in [-0.2, 0) is 32.6 Å². The van der Waals surface area contributed by atoms with Crippen molar-refractivity contribution < 1.29 is 22.4 Å². The maximum Gasteiger partial charge on any atom is 0.264 e. The summed E-state index contributed by atoms with van der Waals surface area (Å²) in [5.74, 6) is -1.73. The van der Waals surface area contributed by atoms with Crippen molar-refractivity contribution in [2.24, 2.45) is 0 Å². The zero-order chi connectivity index (χ0) is 32.6. The summed E-state index contributed by atoms with van der Waals surface area (Å²) < 4.78 is 44.1. The Labute approximate surface area is 273 Å². The average Bonchev–Trinajstić information content (AvgIpc) is 3.01. The minimum atomic E-state index is -4.34. The second-order valence-corrected chi connectivity index (χ2v) is 13.3. The van der Waals surface area contributed by atoms with Crippen molar-refractivity contribution in [1.82, 2.24) is 10.2 Å². The molecule has 1 atom stereocenters. The lowest BCUT2D eigenvalue weighted by Gasteiger charge is -2.34. The molecule has 4 aromatic carbocycles. The van der Waals surface area contributed by atoms with Gasteiger partial charge in [0, 0.05) is 35.1 Å². The molecule has 7 nitrogen and oxygen atoms in total. The minimum Gasteiger partial charge on any atom is -0.354 e. The zero-order valence-electron chi connectivity index (χ0n) is 24.9. The molecule has 1 unspecified atom stereocenters. The van der Waals surface area contributed by atoms with Crippen LogP contribution in [0.3, 0.4) is 0 Å². The number of rotatable bonds is 13. The summed E-state index contributed by atoms with van der Waals surface area (Å²) in [6, 6.07) is 24.4. The van der Waals surface area contributed by atoms with Crippen LogP contribution in [0.5, 0.6) is 0 Å². The lowest BCUT2D eigenvalue weighted by Crippen LogP contribution is -2.53. The van der Waals surface area contributed by atoms with Crippen LogP contribution < -0.4 is 9.62 Å². The van der Waals surface area contributed by atoms with Gasteiger partial charge in [0.1, 0.15) is 18.4 Å². The molecule has 0 radical (unpaired) electrons. The van der Waals surface area contributed by atoms with E-state index in [9.17, 15) is 22.4 Å². The number of aryl methyl sites for hydroxylation is 1. The van der Waals surface area contributed by atoms with E-state index >= 15 is 0 Å². The first-order valence-corrected chi connectivity index (χ1v) is 16.6. The second kappa shape index (κ2) is 15.4. The number of nitrogens with one attached hydrogen (secondary N) is 1. The van der Waals surface area contributed by atoms with Crippen LogP contribution in [0.25, 0.3) is 0 Å². The largest absolute Gasteiger partial charge is 0.354 e. The van der Waals surface area contributed by atoms with Gasteiger partial charge in [-0.05, 0) is 55.3 Å². The lowest BCUT2D eigenvalue weighted by atomic mass is 10.0. The molecule has 0 saturated carbocycles. The van der Waals surface area contributed by atoms with Gasteiger partial charge in [-0.2, -0.15) is 0 Å². The highest BCUT2D eigenvalue weighted by atomic mass is 35.5. The quantitative estimate of drug-likeness (QED) is 0.170. The van der Waals surface area contributed by atoms with Crippen molar-refractivity contribution >= 4 is 50.7 Å². The van der Waals surface area contributed by atoms with Crippen LogP contribution in [0.2, 0.25) is 10.0 Å². The zero-order valence-corrected chi connectivity index (χ0v) is 27.2. The molecule has 0 heterocycles. The smallest absolute Gasteiger partial charge is 0.264 e. The molecule has 236 valence electrons. The molecule has 0 saturated heterocycles. The van der Waals surface area contributed by atoms with Crippen LogP contribution in [0.15, 0.2) is 102 Å². The molecule has 4 rings (SSSR count). The molecule has 1 N–H and O–H groups in total. The highest BCUT2D eigenvalue weighted by Gasteiger charge is 2.35. The molecule has 0 aliphatic carbocycles. The highest BCUT2D eigenvalue weighted by molar-refractivity contribution is 7.92. The fraction of sp³-hybridized carbons (Fsp3) is 0.235. The number of carbonyl (C=O) groups is 2.